The van der Waals surface area contributed by atoms with E-state index in [1.54, 1.807) is 18.3 Å². The Morgan fingerprint density at radius 3 is 2.76 bits per heavy atom. The fraction of sp³-hybridized carbons (Fsp3) is 0.300. The lowest BCUT2D eigenvalue weighted by atomic mass is 10.4. The number of aromatic nitrogens is 1. The summed E-state index contributed by atoms with van der Waals surface area (Å²) in [5.41, 5.74) is 5.18. The third-order valence-electron chi connectivity index (χ3n) is 1.98. The molecule has 0 unspecified atom stereocenters. The smallest absolute Gasteiger partial charge is 0.245 e. The molecule has 7 heteroatoms. The highest BCUT2D eigenvalue weighted by Gasteiger charge is 2.11. The first-order valence-electron chi connectivity index (χ1n) is 4.88. The van der Waals surface area contributed by atoms with Crippen molar-refractivity contribution in [3.63, 3.8) is 0 Å². The number of carbonyl (C=O) groups is 2. The van der Waals surface area contributed by atoms with Gasteiger partial charge in [0.15, 0.2) is 0 Å². The second-order valence-electron chi connectivity index (χ2n) is 3.36. The molecule has 0 aromatic carbocycles. The van der Waals surface area contributed by atoms with Crippen molar-refractivity contribution < 1.29 is 9.59 Å². The standard InChI is InChI=1S/C10H13BrN4O2/c1-15(10(17)4-12)6-9(16)14-8-3-2-7(11)5-13-8/h2-3,5H,4,6,12H2,1H3,(H,13,14,16). The van der Waals surface area contributed by atoms with Gasteiger partial charge in [0.2, 0.25) is 11.8 Å². The molecule has 0 aliphatic carbocycles. The number of rotatable bonds is 4. The van der Waals surface area contributed by atoms with Gasteiger partial charge in [-0.3, -0.25) is 9.59 Å². The molecule has 0 spiro atoms. The van der Waals surface area contributed by atoms with Crippen LogP contribution in [0.5, 0.6) is 0 Å². The van der Waals surface area contributed by atoms with Gasteiger partial charge in [-0.2, -0.15) is 0 Å². The topological polar surface area (TPSA) is 88.3 Å². The number of hydrogen-bond donors (Lipinski definition) is 2. The van der Waals surface area contributed by atoms with E-state index in [4.69, 9.17) is 5.73 Å². The van der Waals surface area contributed by atoms with Crippen LogP contribution >= 0.6 is 15.9 Å². The van der Waals surface area contributed by atoms with E-state index in [-0.39, 0.29) is 24.9 Å². The van der Waals surface area contributed by atoms with Gasteiger partial charge in [-0.1, -0.05) is 0 Å². The molecule has 0 fully saturated rings. The highest BCUT2D eigenvalue weighted by atomic mass is 79.9. The van der Waals surface area contributed by atoms with Crippen LogP contribution in [0.2, 0.25) is 0 Å². The van der Waals surface area contributed by atoms with Crippen molar-refractivity contribution in [2.24, 2.45) is 5.73 Å². The summed E-state index contributed by atoms with van der Waals surface area (Å²) in [6.07, 6.45) is 1.57. The monoisotopic (exact) mass is 300 g/mol. The number of amides is 2. The predicted molar refractivity (Wildman–Crippen MR) is 67.3 cm³/mol. The molecule has 0 atom stereocenters. The largest absolute Gasteiger partial charge is 0.335 e. The van der Waals surface area contributed by atoms with Crippen molar-refractivity contribution in [3.05, 3.63) is 22.8 Å². The van der Waals surface area contributed by atoms with Crippen LogP contribution in [-0.2, 0) is 9.59 Å². The van der Waals surface area contributed by atoms with Gasteiger partial charge in [-0.15, -0.1) is 0 Å². The molecule has 3 N–H and O–H groups in total. The maximum Gasteiger partial charge on any atom is 0.245 e. The van der Waals surface area contributed by atoms with Crippen LogP contribution in [0.4, 0.5) is 5.82 Å². The molecule has 92 valence electrons. The molecular formula is C10H13BrN4O2. The summed E-state index contributed by atoms with van der Waals surface area (Å²) in [6, 6.07) is 3.42. The summed E-state index contributed by atoms with van der Waals surface area (Å²) >= 11 is 3.24. The number of likely N-dealkylation sites (N-methyl/N-ethyl adjacent to an activating group) is 1. The Kier molecular flexibility index (Phi) is 5.05. The van der Waals surface area contributed by atoms with Crippen molar-refractivity contribution in [3.8, 4) is 0 Å². The molecule has 1 aromatic heterocycles. The molecular weight excluding hydrogens is 288 g/mol. The van der Waals surface area contributed by atoms with Crippen LogP contribution in [-0.4, -0.2) is 41.8 Å². The Balaban J connectivity index is 2.50. The normalized spacial score (nSPS) is 9.82. The fourth-order valence-electron chi connectivity index (χ4n) is 1.09. The van der Waals surface area contributed by atoms with Gasteiger partial charge in [0, 0.05) is 17.7 Å². The SMILES string of the molecule is CN(CC(=O)Nc1ccc(Br)cn1)C(=O)CN. The number of carbonyl (C=O) groups excluding carboxylic acids is 2. The number of nitrogens with zero attached hydrogens (tertiary/aromatic N) is 2. The minimum Gasteiger partial charge on any atom is -0.335 e. The van der Waals surface area contributed by atoms with E-state index in [9.17, 15) is 9.59 Å². The Hall–Kier alpha value is -1.47. The maximum absolute atomic E-state index is 11.5. The van der Waals surface area contributed by atoms with Crippen LogP contribution in [0.25, 0.3) is 0 Å². The fourth-order valence-corrected chi connectivity index (χ4v) is 1.33. The molecule has 0 saturated carbocycles. The molecule has 1 rings (SSSR count). The Morgan fingerprint density at radius 2 is 2.24 bits per heavy atom. The summed E-state index contributed by atoms with van der Waals surface area (Å²) < 4.78 is 0.825. The third-order valence-corrected chi connectivity index (χ3v) is 2.45. The molecule has 2 amide bonds. The van der Waals surface area contributed by atoms with E-state index >= 15 is 0 Å². The van der Waals surface area contributed by atoms with Gasteiger partial charge in [0.05, 0.1) is 13.1 Å². The average Bonchev–Trinajstić information content (AvgIpc) is 2.30. The van der Waals surface area contributed by atoms with Crippen molar-refractivity contribution >= 4 is 33.6 Å². The highest BCUT2D eigenvalue weighted by Crippen LogP contribution is 2.10. The molecule has 17 heavy (non-hydrogen) atoms. The molecule has 1 aromatic rings. The minimum atomic E-state index is -0.316. The van der Waals surface area contributed by atoms with Gasteiger partial charge < -0.3 is 16.0 Å². The second-order valence-corrected chi connectivity index (χ2v) is 4.28. The molecule has 0 bridgehead atoms. The molecule has 1 heterocycles. The van der Waals surface area contributed by atoms with Crippen LogP contribution in [0.1, 0.15) is 0 Å². The summed E-state index contributed by atoms with van der Waals surface area (Å²) in [7, 11) is 1.52. The lowest BCUT2D eigenvalue weighted by Crippen LogP contribution is -2.38. The van der Waals surface area contributed by atoms with Gasteiger partial charge >= 0.3 is 0 Å². The number of pyridine rings is 1. The zero-order chi connectivity index (χ0) is 12.8. The van der Waals surface area contributed by atoms with Gasteiger partial charge in [0.25, 0.3) is 0 Å². The summed E-state index contributed by atoms with van der Waals surface area (Å²) in [5, 5.41) is 2.57. The maximum atomic E-state index is 11.5. The van der Waals surface area contributed by atoms with Crippen molar-refractivity contribution in [1.82, 2.24) is 9.88 Å². The number of hydrogen-bond acceptors (Lipinski definition) is 4. The lowest BCUT2D eigenvalue weighted by molar-refractivity contribution is -0.132. The Bertz CT molecular complexity index is 407. The zero-order valence-electron chi connectivity index (χ0n) is 9.31. The third kappa shape index (κ3) is 4.49. The Morgan fingerprint density at radius 1 is 1.53 bits per heavy atom. The molecule has 0 saturated heterocycles. The van der Waals surface area contributed by atoms with Gasteiger partial charge in [0.1, 0.15) is 5.82 Å². The van der Waals surface area contributed by atoms with E-state index in [0.29, 0.717) is 5.82 Å². The van der Waals surface area contributed by atoms with E-state index in [1.807, 2.05) is 0 Å². The summed E-state index contributed by atoms with van der Waals surface area (Å²) in [4.78, 5) is 27.9. The van der Waals surface area contributed by atoms with Crippen LogP contribution in [0.15, 0.2) is 22.8 Å². The predicted octanol–water partition coefficient (Wildman–Crippen LogP) is 0.200. The quantitative estimate of drug-likeness (QED) is 0.831. The van der Waals surface area contributed by atoms with Gasteiger partial charge in [-0.25, -0.2) is 4.98 Å². The summed E-state index contributed by atoms with van der Waals surface area (Å²) in [6.45, 7) is -0.159. The first-order valence-corrected chi connectivity index (χ1v) is 5.67. The van der Waals surface area contributed by atoms with Crippen LogP contribution in [0, 0.1) is 0 Å². The molecule has 0 aliphatic rings. The van der Waals surface area contributed by atoms with Crippen LogP contribution < -0.4 is 11.1 Å². The highest BCUT2D eigenvalue weighted by molar-refractivity contribution is 9.10. The van der Waals surface area contributed by atoms with Crippen LogP contribution in [0.3, 0.4) is 0 Å². The molecule has 6 nitrogen and oxygen atoms in total. The number of anilines is 1. The van der Waals surface area contributed by atoms with Crippen molar-refractivity contribution in [1.29, 1.82) is 0 Å². The summed E-state index contributed by atoms with van der Waals surface area (Å²) in [5.74, 6) is -0.167. The van der Waals surface area contributed by atoms with Crippen molar-refractivity contribution in [2.75, 3.05) is 25.5 Å². The first-order chi connectivity index (χ1) is 8.02. The van der Waals surface area contributed by atoms with E-state index < -0.39 is 0 Å². The van der Waals surface area contributed by atoms with E-state index in [1.165, 1.54) is 11.9 Å². The zero-order valence-corrected chi connectivity index (χ0v) is 10.9. The minimum absolute atomic E-state index is 0.0478. The first kappa shape index (κ1) is 13.6. The number of nitrogens with one attached hydrogen (secondary N) is 1. The lowest BCUT2D eigenvalue weighted by Gasteiger charge is -2.15. The Labute approximate surface area is 107 Å². The average molecular weight is 301 g/mol. The number of nitrogens with two attached hydrogens (primary N) is 1. The molecule has 0 aliphatic heterocycles. The molecule has 0 radical (unpaired) electrons. The number of halogens is 1. The van der Waals surface area contributed by atoms with E-state index in [0.717, 1.165) is 4.47 Å². The second kappa shape index (κ2) is 6.31. The van der Waals surface area contributed by atoms with Gasteiger partial charge in [-0.05, 0) is 28.1 Å². The van der Waals surface area contributed by atoms with E-state index in [2.05, 4.69) is 26.2 Å². The van der Waals surface area contributed by atoms with Crippen molar-refractivity contribution in [2.45, 2.75) is 0 Å².